The maximum atomic E-state index is 13.5. The minimum Gasteiger partial charge on any atom is -0.374 e. The second-order valence-corrected chi connectivity index (χ2v) is 8.89. The SMILES string of the molecule is Cc1csc(C(O)(CC(=O)Nc2ccc(C)c(NS(C)(=O)=O)c2)C(F)(F)F)n1. The lowest BCUT2D eigenvalue weighted by Gasteiger charge is -2.28. The van der Waals surface area contributed by atoms with Crippen molar-refractivity contribution in [2.45, 2.75) is 32.0 Å². The summed E-state index contributed by atoms with van der Waals surface area (Å²) in [5.74, 6) is -1.11. The van der Waals surface area contributed by atoms with Crippen molar-refractivity contribution >= 4 is 38.6 Å². The van der Waals surface area contributed by atoms with E-state index in [1.54, 1.807) is 6.92 Å². The maximum Gasteiger partial charge on any atom is 0.424 e. The molecule has 2 rings (SSSR count). The molecule has 3 N–H and O–H groups in total. The first kappa shape index (κ1) is 22.1. The number of carbonyl (C=O) groups is 1. The van der Waals surface area contributed by atoms with Gasteiger partial charge in [-0.25, -0.2) is 13.4 Å². The number of benzene rings is 1. The minimum absolute atomic E-state index is 0.0709. The third-order valence-corrected chi connectivity index (χ3v) is 5.38. The third-order valence-electron chi connectivity index (χ3n) is 3.67. The molecule has 1 unspecified atom stereocenters. The molecular weight excluding hydrogens is 419 g/mol. The van der Waals surface area contributed by atoms with Gasteiger partial charge in [-0.15, -0.1) is 11.3 Å². The topological polar surface area (TPSA) is 108 Å². The average molecular weight is 437 g/mol. The Morgan fingerprint density at radius 1 is 1.29 bits per heavy atom. The molecule has 0 aliphatic heterocycles. The molecule has 1 amide bonds. The highest BCUT2D eigenvalue weighted by atomic mass is 32.2. The molecular formula is C16H18F3N3O4S2. The molecule has 0 saturated heterocycles. The predicted molar refractivity (Wildman–Crippen MR) is 99.7 cm³/mol. The first-order chi connectivity index (χ1) is 12.7. The zero-order chi connectivity index (χ0) is 21.3. The number of thiazole rings is 1. The molecule has 1 aromatic carbocycles. The summed E-state index contributed by atoms with van der Waals surface area (Å²) in [4.78, 5) is 15.9. The number of hydrogen-bond donors (Lipinski definition) is 3. The van der Waals surface area contributed by atoms with Crippen LogP contribution in [0.15, 0.2) is 23.6 Å². The first-order valence-electron chi connectivity index (χ1n) is 7.81. The Morgan fingerprint density at radius 2 is 1.93 bits per heavy atom. The minimum atomic E-state index is -5.12. The molecule has 2 aromatic rings. The van der Waals surface area contributed by atoms with Crippen LogP contribution in [0.1, 0.15) is 22.7 Å². The van der Waals surface area contributed by atoms with Gasteiger partial charge in [0.15, 0.2) is 0 Å². The number of nitrogens with zero attached hydrogens (tertiary/aromatic N) is 1. The van der Waals surface area contributed by atoms with Crippen molar-refractivity contribution in [2.75, 3.05) is 16.3 Å². The molecule has 0 saturated carbocycles. The van der Waals surface area contributed by atoms with E-state index in [0.29, 0.717) is 16.9 Å². The molecule has 0 spiro atoms. The van der Waals surface area contributed by atoms with Crippen LogP contribution in [0.3, 0.4) is 0 Å². The highest BCUT2D eigenvalue weighted by Gasteiger charge is 2.58. The second-order valence-electron chi connectivity index (χ2n) is 6.28. The van der Waals surface area contributed by atoms with Gasteiger partial charge in [-0.1, -0.05) is 6.07 Å². The number of aromatic nitrogens is 1. The van der Waals surface area contributed by atoms with Crippen LogP contribution < -0.4 is 10.0 Å². The third kappa shape index (κ3) is 5.20. The number of halogens is 3. The number of alkyl halides is 3. The summed E-state index contributed by atoms with van der Waals surface area (Å²) in [5.41, 5.74) is -2.36. The summed E-state index contributed by atoms with van der Waals surface area (Å²) >= 11 is 0.605. The van der Waals surface area contributed by atoms with Crippen molar-refractivity contribution in [1.82, 2.24) is 4.98 Å². The molecule has 0 aliphatic rings. The molecule has 1 heterocycles. The van der Waals surface area contributed by atoms with Gasteiger partial charge in [0.2, 0.25) is 21.5 Å². The van der Waals surface area contributed by atoms with Gasteiger partial charge in [-0.05, 0) is 31.5 Å². The first-order valence-corrected chi connectivity index (χ1v) is 10.6. The summed E-state index contributed by atoms with van der Waals surface area (Å²) in [7, 11) is -3.59. The molecule has 1 atom stereocenters. The molecule has 0 fully saturated rings. The quantitative estimate of drug-likeness (QED) is 0.644. The number of aryl methyl sites for hydroxylation is 2. The largest absolute Gasteiger partial charge is 0.424 e. The molecule has 154 valence electrons. The number of nitrogens with one attached hydrogen (secondary N) is 2. The van der Waals surface area contributed by atoms with E-state index in [2.05, 4.69) is 15.0 Å². The molecule has 1 aromatic heterocycles. The smallest absolute Gasteiger partial charge is 0.374 e. The lowest BCUT2D eigenvalue weighted by molar-refractivity contribution is -0.266. The van der Waals surface area contributed by atoms with E-state index in [9.17, 15) is 31.5 Å². The lowest BCUT2D eigenvalue weighted by atomic mass is 9.99. The summed E-state index contributed by atoms with van der Waals surface area (Å²) in [6.45, 7) is 3.09. The fourth-order valence-corrected chi connectivity index (χ4v) is 3.82. The molecule has 0 aliphatic carbocycles. The number of sulfonamides is 1. The van der Waals surface area contributed by atoms with Crippen molar-refractivity contribution in [3.63, 3.8) is 0 Å². The molecule has 12 heteroatoms. The maximum absolute atomic E-state index is 13.5. The van der Waals surface area contributed by atoms with Crippen LogP contribution in [-0.4, -0.2) is 36.8 Å². The van der Waals surface area contributed by atoms with Crippen LogP contribution in [0.2, 0.25) is 0 Å². The zero-order valence-electron chi connectivity index (χ0n) is 15.1. The Morgan fingerprint density at radius 3 is 2.43 bits per heavy atom. The van der Waals surface area contributed by atoms with E-state index < -0.39 is 39.1 Å². The van der Waals surface area contributed by atoms with Gasteiger partial charge < -0.3 is 10.4 Å². The Kier molecular flexibility index (Phi) is 6.07. The summed E-state index contributed by atoms with van der Waals surface area (Å²) < 4.78 is 65.4. The number of aliphatic hydroxyl groups is 1. The Labute approximate surface area is 163 Å². The van der Waals surface area contributed by atoms with Crippen LogP contribution in [0.4, 0.5) is 24.5 Å². The average Bonchev–Trinajstić information content (AvgIpc) is 2.95. The highest BCUT2D eigenvalue weighted by molar-refractivity contribution is 7.92. The van der Waals surface area contributed by atoms with E-state index >= 15 is 0 Å². The van der Waals surface area contributed by atoms with Crippen LogP contribution in [0.25, 0.3) is 0 Å². The Hall–Kier alpha value is -2.18. The van der Waals surface area contributed by atoms with Crippen molar-refractivity contribution in [2.24, 2.45) is 0 Å². The fraction of sp³-hybridized carbons (Fsp3) is 0.375. The van der Waals surface area contributed by atoms with Gasteiger partial charge in [0.25, 0.3) is 0 Å². The van der Waals surface area contributed by atoms with Gasteiger partial charge >= 0.3 is 6.18 Å². The van der Waals surface area contributed by atoms with Gasteiger partial charge in [0, 0.05) is 16.8 Å². The summed E-state index contributed by atoms with van der Waals surface area (Å²) in [6, 6.07) is 4.17. The predicted octanol–water partition coefficient (Wildman–Crippen LogP) is 2.91. The van der Waals surface area contributed by atoms with E-state index in [-0.39, 0.29) is 17.1 Å². The number of hydrogen-bond acceptors (Lipinski definition) is 6. The lowest BCUT2D eigenvalue weighted by Crippen LogP contribution is -2.45. The summed E-state index contributed by atoms with van der Waals surface area (Å²) in [6.07, 6.45) is -5.48. The van der Waals surface area contributed by atoms with E-state index in [1.165, 1.54) is 30.5 Å². The van der Waals surface area contributed by atoms with Crippen molar-refractivity contribution in [3.05, 3.63) is 39.8 Å². The number of carbonyl (C=O) groups excluding carboxylic acids is 1. The fourth-order valence-electron chi connectivity index (χ4n) is 2.29. The standard InChI is InChI=1S/C16H18F3N3O4S2/c1-9-4-5-11(6-12(9)22-28(3,25)26)21-13(23)7-15(24,16(17,18)19)14-20-10(2)8-27-14/h4-6,8,22,24H,7H2,1-3H3,(H,21,23). The highest BCUT2D eigenvalue weighted by Crippen LogP contribution is 2.43. The zero-order valence-corrected chi connectivity index (χ0v) is 16.7. The van der Waals surface area contributed by atoms with Gasteiger partial charge in [-0.2, -0.15) is 13.2 Å². The monoisotopic (exact) mass is 437 g/mol. The van der Waals surface area contributed by atoms with Gasteiger partial charge in [0.1, 0.15) is 5.01 Å². The number of rotatable bonds is 6. The number of anilines is 2. The number of amides is 1. The van der Waals surface area contributed by atoms with Crippen LogP contribution in [0, 0.1) is 13.8 Å². The normalized spacial score (nSPS) is 14.4. The second kappa shape index (κ2) is 7.68. The van der Waals surface area contributed by atoms with Crippen LogP contribution >= 0.6 is 11.3 Å². The van der Waals surface area contributed by atoms with Gasteiger partial charge in [-0.3, -0.25) is 9.52 Å². The van der Waals surface area contributed by atoms with Gasteiger partial charge in [0.05, 0.1) is 18.4 Å². The van der Waals surface area contributed by atoms with Crippen LogP contribution in [0.5, 0.6) is 0 Å². The summed E-state index contributed by atoms with van der Waals surface area (Å²) in [5, 5.41) is 13.2. The van der Waals surface area contributed by atoms with Crippen molar-refractivity contribution < 1.29 is 31.5 Å². The molecule has 0 radical (unpaired) electrons. The van der Waals surface area contributed by atoms with Crippen molar-refractivity contribution in [3.8, 4) is 0 Å². The molecule has 0 bridgehead atoms. The van der Waals surface area contributed by atoms with E-state index in [4.69, 9.17) is 0 Å². The molecule has 28 heavy (non-hydrogen) atoms. The van der Waals surface area contributed by atoms with E-state index in [1.807, 2.05) is 0 Å². The van der Waals surface area contributed by atoms with E-state index in [0.717, 1.165) is 6.26 Å². The van der Waals surface area contributed by atoms with Crippen molar-refractivity contribution in [1.29, 1.82) is 0 Å². The Bertz CT molecular complexity index is 989. The molecule has 7 nitrogen and oxygen atoms in total. The Balaban J connectivity index is 2.25. The van der Waals surface area contributed by atoms with Crippen LogP contribution in [-0.2, 0) is 20.4 Å².